The van der Waals surface area contributed by atoms with Crippen LogP contribution in [0.3, 0.4) is 0 Å². The van der Waals surface area contributed by atoms with Crippen LogP contribution >= 0.6 is 0 Å². The fraction of sp³-hybridized carbons (Fsp3) is 0.565. The molecule has 2 N–H and O–H groups in total. The highest BCUT2D eigenvalue weighted by Gasteiger charge is 2.27. The van der Waals surface area contributed by atoms with Gasteiger partial charge in [-0.2, -0.15) is 5.10 Å². The van der Waals surface area contributed by atoms with E-state index < -0.39 is 11.1 Å². The molecule has 33 heavy (non-hydrogen) atoms. The van der Waals surface area contributed by atoms with Gasteiger partial charge in [0.15, 0.2) is 11.1 Å². The third-order valence-corrected chi connectivity index (χ3v) is 6.94. The zero-order valence-corrected chi connectivity index (χ0v) is 19.3. The molecule has 9 nitrogen and oxygen atoms in total. The number of anilines is 1. The molecule has 10 heteroatoms. The van der Waals surface area contributed by atoms with Crippen molar-refractivity contribution in [3.05, 3.63) is 36.0 Å². The lowest BCUT2D eigenvalue weighted by molar-refractivity contribution is 0.0678. The molecule has 3 heterocycles. The van der Waals surface area contributed by atoms with E-state index in [1.807, 2.05) is 0 Å². The second-order valence-corrected chi connectivity index (χ2v) is 9.61. The van der Waals surface area contributed by atoms with E-state index in [9.17, 15) is 9.00 Å². The van der Waals surface area contributed by atoms with Gasteiger partial charge in [0.05, 0.1) is 11.3 Å². The summed E-state index contributed by atoms with van der Waals surface area (Å²) in [5.74, 6) is 7.66. The van der Waals surface area contributed by atoms with Crippen molar-refractivity contribution in [3.63, 3.8) is 0 Å². The van der Waals surface area contributed by atoms with Crippen molar-refractivity contribution in [2.75, 3.05) is 24.3 Å². The van der Waals surface area contributed by atoms with Gasteiger partial charge in [0.1, 0.15) is 24.4 Å². The number of carbonyl (C=O) groups is 1. The zero-order chi connectivity index (χ0) is 23.0. The summed E-state index contributed by atoms with van der Waals surface area (Å²) in [7, 11) is 0. The van der Waals surface area contributed by atoms with E-state index in [1.54, 1.807) is 16.9 Å². The van der Waals surface area contributed by atoms with Crippen LogP contribution in [0.1, 0.15) is 54.6 Å². The first-order chi connectivity index (χ1) is 16.1. The summed E-state index contributed by atoms with van der Waals surface area (Å²) in [6.45, 7) is 2.08. The summed E-state index contributed by atoms with van der Waals surface area (Å²) in [6.07, 6.45) is 10.2. The molecule has 3 unspecified atom stereocenters. The Morgan fingerprint density at radius 2 is 2.09 bits per heavy atom. The first kappa shape index (κ1) is 23.5. The highest BCUT2D eigenvalue weighted by molar-refractivity contribution is 7.79. The number of nitrogens with zero attached hydrogens (tertiary/aromatic N) is 4. The molecule has 1 saturated carbocycles. The predicted octanol–water partition coefficient (Wildman–Crippen LogP) is 2.53. The molecule has 0 amide bonds. The van der Waals surface area contributed by atoms with E-state index in [0.717, 1.165) is 51.7 Å². The average molecular weight is 472 g/mol. The highest BCUT2D eigenvalue weighted by atomic mass is 32.2. The van der Waals surface area contributed by atoms with Crippen LogP contribution < -0.4 is 5.32 Å². The summed E-state index contributed by atoms with van der Waals surface area (Å²) in [6, 6.07) is 1.78. The quantitative estimate of drug-likeness (QED) is 0.342. The minimum absolute atomic E-state index is 0.101. The molecular formula is C23H29N5O4S. The van der Waals surface area contributed by atoms with Gasteiger partial charge in [-0.3, -0.25) is 9.48 Å². The van der Waals surface area contributed by atoms with Gasteiger partial charge in [-0.15, -0.1) is 5.92 Å². The van der Waals surface area contributed by atoms with Crippen LogP contribution in [0.15, 0.2) is 24.8 Å². The van der Waals surface area contributed by atoms with Crippen molar-refractivity contribution in [1.82, 2.24) is 19.7 Å². The first-order valence-electron chi connectivity index (χ1n) is 11.3. The van der Waals surface area contributed by atoms with Crippen LogP contribution in [0.5, 0.6) is 0 Å². The molecule has 0 bridgehead atoms. The van der Waals surface area contributed by atoms with Crippen molar-refractivity contribution in [3.8, 4) is 11.8 Å². The van der Waals surface area contributed by atoms with Crippen molar-refractivity contribution in [1.29, 1.82) is 0 Å². The SMILES string of the molecule is O=C(c1ccn(CC#CCC2CCOCC2)n1)c1cncnc1NC1CCC(CS(=O)O)C1. The maximum atomic E-state index is 13.1. The van der Waals surface area contributed by atoms with Gasteiger partial charge in [-0.05, 0) is 50.0 Å². The Kier molecular flexibility index (Phi) is 8.20. The van der Waals surface area contributed by atoms with Crippen LogP contribution in [0, 0.1) is 23.7 Å². The molecule has 1 aliphatic carbocycles. The number of hydrogen-bond donors (Lipinski definition) is 2. The standard InChI is InChI=1S/C23H29N5O4S/c29-22(21-6-10-28(27-21)9-2-1-3-17-7-11-32-12-8-17)20-14-24-16-25-23(20)26-19-5-4-18(13-19)15-33(30)31/h6,10,14,16-19H,3-5,7-9,11-13,15H2,(H,30,31)(H,24,25,26). The Hall–Kier alpha value is -2.61. The van der Waals surface area contributed by atoms with Crippen molar-refractivity contribution >= 4 is 22.7 Å². The molecule has 3 atom stereocenters. The van der Waals surface area contributed by atoms with Crippen LogP contribution in [-0.2, 0) is 22.4 Å². The maximum absolute atomic E-state index is 13.1. The Labute approximate surface area is 196 Å². The van der Waals surface area contributed by atoms with E-state index in [4.69, 9.17) is 9.29 Å². The van der Waals surface area contributed by atoms with Gasteiger partial charge in [0.2, 0.25) is 5.78 Å². The van der Waals surface area contributed by atoms with E-state index in [-0.39, 0.29) is 23.5 Å². The zero-order valence-electron chi connectivity index (χ0n) is 18.5. The van der Waals surface area contributed by atoms with Gasteiger partial charge in [-0.25, -0.2) is 14.2 Å². The van der Waals surface area contributed by atoms with Gasteiger partial charge < -0.3 is 14.6 Å². The fourth-order valence-corrected chi connectivity index (χ4v) is 5.08. The third kappa shape index (κ3) is 6.69. The molecule has 2 aliphatic rings. The molecule has 2 aromatic rings. The Morgan fingerprint density at radius 3 is 2.91 bits per heavy atom. The number of aromatic nitrogens is 4. The Bertz CT molecular complexity index is 1040. The van der Waals surface area contributed by atoms with Gasteiger partial charge in [0.25, 0.3) is 0 Å². The smallest absolute Gasteiger partial charge is 0.218 e. The molecule has 176 valence electrons. The monoisotopic (exact) mass is 471 g/mol. The lowest BCUT2D eigenvalue weighted by atomic mass is 9.97. The molecular weight excluding hydrogens is 442 g/mol. The van der Waals surface area contributed by atoms with Crippen LogP contribution in [0.25, 0.3) is 0 Å². The molecule has 1 saturated heterocycles. The normalized spacial score (nSPS) is 21.8. The van der Waals surface area contributed by atoms with Gasteiger partial charge in [-0.1, -0.05) is 5.92 Å². The van der Waals surface area contributed by atoms with E-state index >= 15 is 0 Å². The summed E-state index contributed by atoms with van der Waals surface area (Å²) in [5.41, 5.74) is 0.682. The molecule has 2 fully saturated rings. The Morgan fingerprint density at radius 1 is 1.24 bits per heavy atom. The second-order valence-electron chi connectivity index (χ2n) is 8.63. The molecule has 1 aliphatic heterocycles. The second kappa shape index (κ2) is 11.5. The third-order valence-electron chi connectivity index (χ3n) is 6.19. The lowest BCUT2D eigenvalue weighted by Gasteiger charge is -2.19. The lowest BCUT2D eigenvalue weighted by Crippen LogP contribution is -2.20. The summed E-state index contributed by atoms with van der Waals surface area (Å²) >= 11 is -1.79. The van der Waals surface area contributed by atoms with E-state index in [0.29, 0.717) is 29.5 Å². The summed E-state index contributed by atoms with van der Waals surface area (Å²) in [5, 5.41) is 7.71. The largest absolute Gasteiger partial charge is 0.381 e. The van der Waals surface area contributed by atoms with E-state index in [2.05, 4.69) is 32.2 Å². The number of rotatable bonds is 8. The Balaban J connectivity index is 1.35. The molecule has 2 aromatic heterocycles. The first-order valence-corrected chi connectivity index (χ1v) is 12.6. The predicted molar refractivity (Wildman–Crippen MR) is 124 cm³/mol. The minimum atomic E-state index is -1.79. The fourth-order valence-electron chi connectivity index (χ4n) is 4.38. The number of ether oxygens (including phenoxy) is 1. The van der Waals surface area contributed by atoms with Crippen LogP contribution in [0.2, 0.25) is 0 Å². The van der Waals surface area contributed by atoms with Crippen molar-refractivity contribution < 1.29 is 18.3 Å². The van der Waals surface area contributed by atoms with Crippen molar-refractivity contribution in [2.45, 2.75) is 51.1 Å². The van der Waals surface area contributed by atoms with Crippen LogP contribution in [-0.4, -0.2) is 59.3 Å². The maximum Gasteiger partial charge on any atom is 0.218 e. The molecule has 0 spiro atoms. The average Bonchev–Trinajstić information content (AvgIpc) is 3.47. The van der Waals surface area contributed by atoms with Gasteiger partial charge in [0, 0.05) is 38.1 Å². The van der Waals surface area contributed by atoms with Crippen LogP contribution in [0.4, 0.5) is 5.82 Å². The number of hydrogen-bond acceptors (Lipinski definition) is 7. The number of carbonyl (C=O) groups excluding carboxylic acids is 1. The molecule has 4 rings (SSSR count). The highest BCUT2D eigenvalue weighted by Crippen LogP contribution is 2.29. The van der Waals surface area contributed by atoms with Gasteiger partial charge >= 0.3 is 0 Å². The molecule has 0 radical (unpaired) electrons. The molecule has 0 aromatic carbocycles. The summed E-state index contributed by atoms with van der Waals surface area (Å²) in [4.78, 5) is 21.4. The minimum Gasteiger partial charge on any atom is -0.381 e. The summed E-state index contributed by atoms with van der Waals surface area (Å²) < 4.78 is 27.2. The van der Waals surface area contributed by atoms with E-state index in [1.165, 1.54) is 12.5 Å². The topological polar surface area (TPSA) is 119 Å². The van der Waals surface area contributed by atoms with Crippen molar-refractivity contribution in [2.24, 2.45) is 11.8 Å². The number of ketones is 1. The number of nitrogens with one attached hydrogen (secondary N) is 1.